The number of halogens is 8. The van der Waals surface area contributed by atoms with E-state index in [0.717, 1.165) is 12.1 Å². The molecule has 0 saturated carbocycles. The highest BCUT2D eigenvalue weighted by Gasteiger charge is 2.35. The first-order chi connectivity index (χ1) is 9.79. The van der Waals surface area contributed by atoms with Crippen LogP contribution in [-0.2, 0) is 6.18 Å². The van der Waals surface area contributed by atoms with Gasteiger partial charge in [-0.2, -0.15) is 13.2 Å². The zero-order valence-corrected chi connectivity index (χ0v) is 14.1. The van der Waals surface area contributed by atoms with E-state index >= 15 is 0 Å². The van der Waals surface area contributed by atoms with Crippen molar-refractivity contribution in [3.8, 4) is 0 Å². The Kier molecular flexibility index (Phi) is 9.09. The molecule has 1 atom stereocenters. The summed E-state index contributed by atoms with van der Waals surface area (Å²) in [6.07, 6.45) is -7.40. The third kappa shape index (κ3) is 5.90. The van der Waals surface area contributed by atoms with Gasteiger partial charge in [-0.25, -0.2) is 8.78 Å². The molecule has 0 bridgehead atoms. The van der Waals surface area contributed by atoms with Crippen LogP contribution in [0.25, 0.3) is 0 Å². The first kappa shape index (κ1) is 22.7. The van der Waals surface area contributed by atoms with Gasteiger partial charge in [0.25, 0.3) is 6.43 Å². The molecule has 1 aliphatic rings. The molecule has 0 spiro atoms. The first-order valence-electron chi connectivity index (χ1n) is 6.39. The summed E-state index contributed by atoms with van der Waals surface area (Å²) in [5.41, 5.74) is -1.11. The molecule has 1 aromatic carbocycles. The van der Waals surface area contributed by atoms with Crippen LogP contribution in [0.4, 0.5) is 22.0 Å². The van der Waals surface area contributed by atoms with Gasteiger partial charge in [-0.15, -0.1) is 24.8 Å². The lowest BCUT2D eigenvalue weighted by Crippen LogP contribution is -2.46. The molecule has 23 heavy (non-hydrogen) atoms. The summed E-state index contributed by atoms with van der Waals surface area (Å²) in [7, 11) is 0. The minimum atomic E-state index is -4.62. The SMILES string of the molecule is Cl.Cl.FC(F)[C@@H](c1cc(Cl)cc(C(F)(F)F)c1)N1CCNCC1. The monoisotopic (exact) mass is 400 g/mol. The third-order valence-electron chi connectivity index (χ3n) is 3.37. The van der Waals surface area contributed by atoms with Crippen molar-refractivity contribution >= 4 is 36.4 Å². The van der Waals surface area contributed by atoms with Crippen molar-refractivity contribution in [3.63, 3.8) is 0 Å². The Bertz CT molecular complexity index is 493. The third-order valence-corrected chi connectivity index (χ3v) is 3.59. The molecular weight excluding hydrogens is 386 g/mol. The lowest BCUT2D eigenvalue weighted by atomic mass is 10.0. The van der Waals surface area contributed by atoms with Gasteiger partial charge in [-0.1, -0.05) is 11.6 Å². The minimum Gasteiger partial charge on any atom is -0.314 e. The van der Waals surface area contributed by atoms with Crippen LogP contribution in [0.2, 0.25) is 5.02 Å². The van der Waals surface area contributed by atoms with Crippen molar-refractivity contribution in [2.45, 2.75) is 18.6 Å². The van der Waals surface area contributed by atoms with Gasteiger partial charge in [0.1, 0.15) is 0 Å². The number of alkyl halides is 5. The van der Waals surface area contributed by atoms with Crippen molar-refractivity contribution in [1.82, 2.24) is 10.2 Å². The van der Waals surface area contributed by atoms with E-state index in [2.05, 4.69) is 5.32 Å². The molecule has 1 aromatic rings. The second kappa shape index (κ2) is 9.22. The molecule has 1 fully saturated rings. The summed E-state index contributed by atoms with van der Waals surface area (Å²) >= 11 is 5.67. The van der Waals surface area contributed by atoms with Crippen molar-refractivity contribution in [1.29, 1.82) is 0 Å². The fourth-order valence-corrected chi connectivity index (χ4v) is 2.67. The number of hydrogen-bond acceptors (Lipinski definition) is 2. The molecule has 0 aliphatic carbocycles. The molecule has 0 radical (unpaired) electrons. The first-order valence-corrected chi connectivity index (χ1v) is 6.77. The Morgan fingerprint density at radius 2 is 1.61 bits per heavy atom. The lowest BCUT2D eigenvalue weighted by Gasteiger charge is -2.35. The van der Waals surface area contributed by atoms with Gasteiger partial charge < -0.3 is 5.32 Å². The van der Waals surface area contributed by atoms with Crippen LogP contribution in [0.1, 0.15) is 17.2 Å². The van der Waals surface area contributed by atoms with Crippen molar-refractivity contribution < 1.29 is 22.0 Å². The normalized spacial score (nSPS) is 17.3. The van der Waals surface area contributed by atoms with Crippen LogP contribution in [0.15, 0.2) is 18.2 Å². The highest BCUT2D eigenvalue weighted by Crippen LogP contribution is 2.36. The second-order valence-electron chi connectivity index (χ2n) is 4.84. The number of benzene rings is 1. The molecule has 2 rings (SSSR count). The molecule has 0 unspecified atom stereocenters. The smallest absolute Gasteiger partial charge is 0.314 e. The highest BCUT2D eigenvalue weighted by molar-refractivity contribution is 6.30. The summed E-state index contributed by atoms with van der Waals surface area (Å²) in [5, 5.41) is 2.82. The van der Waals surface area contributed by atoms with E-state index in [1.807, 2.05) is 0 Å². The van der Waals surface area contributed by atoms with Gasteiger partial charge in [-0.3, -0.25) is 4.90 Å². The van der Waals surface area contributed by atoms with Gasteiger partial charge >= 0.3 is 6.18 Å². The Balaban J connectivity index is 0.00000242. The highest BCUT2D eigenvalue weighted by atomic mass is 35.5. The molecule has 1 aliphatic heterocycles. The Labute approximate surface area is 148 Å². The molecule has 1 heterocycles. The number of piperazine rings is 1. The quantitative estimate of drug-likeness (QED) is 0.755. The van der Waals surface area contributed by atoms with E-state index in [4.69, 9.17) is 11.6 Å². The zero-order chi connectivity index (χ0) is 15.6. The molecule has 1 N–H and O–H groups in total. The summed E-state index contributed by atoms with van der Waals surface area (Å²) in [5.74, 6) is 0. The maximum Gasteiger partial charge on any atom is 0.416 e. The van der Waals surface area contributed by atoms with Crippen molar-refractivity contribution in [3.05, 3.63) is 34.3 Å². The predicted molar refractivity (Wildman–Crippen MR) is 84.1 cm³/mol. The number of nitrogens with one attached hydrogen (secondary N) is 1. The summed E-state index contributed by atoms with van der Waals surface area (Å²) in [6, 6.07) is 1.29. The summed E-state index contributed by atoms with van der Waals surface area (Å²) < 4.78 is 65.0. The Hall–Kier alpha value is -0.340. The molecule has 1 saturated heterocycles. The molecule has 134 valence electrons. The standard InChI is InChI=1S/C13H14ClF5N2.2ClH/c14-10-6-8(5-9(7-10)13(17,18)19)11(12(15)16)21-3-1-20-2-4-21;;/h5-7,11-12,20H,1-4H2;2*1H/t11-;;/m1../s1. The van der Waals surface area contributed by atoms with Crippen LogP contribution in [0, 0.1) is 0 Å². The Morgan fingerprint density at radius 3 is 2.09 bits per heavy atom. The average molecular weight is 402 g/mol. The fraction of sp³-hybridized carbons (Fsp3) is 0.538. The second-order valence-corrected chi connectivity index (χ2v) is 5.27. The van der Waals surface area contributed by atoms with Gasteiger partial charge in [0, 0.05) is 31.2 Å². The lowest BCUT2D eigenvalue weighted by molar-refractivity contribution is -0.137. The molecule has 0 amide bonds. The number of nitrogens with zero attached hydrogens (tertiary/aromatic N) is 1. The van der Waals surface area contributed by atoms with Gasteiger partial charge in [0.05, 0.1) is 11.6 Å². The van der Waals surface area contributed by atoms with Crippen molar-refractivity contribution in [2.24, 2.45) is 0 Å². The average Bonchev–Trinajstić information content (AvgIpc) is 2.38. The van der Waals surface area contributed by atoms with E-state index in [1.165, 1.54) is 11.0 Å². The van der Waals surface area contributed by atoms with Crippen LogP contribution in [0.5, 0.6) is 0 Å². The zero-order valence-electron chi connectivity index (χ0n) is 11.7. The Morgan fingerprint density at radius 1 is 1.04 bits per heavy atom. The number of hydrogen-bond donors (Lipinski definition) is 1. The molecular formula is C13H16Cl3F5N2. The summed E-state index contributed by atoms with van der Waals surface area (Å²) in [4.78, 5) is 1.48. The van der Waals surface area contributed by atoms with E-state index in [1.54, 1.807) is 0 Å². The maximum atomic E-state index is 13.3. The van der Waals surface area contributed by atoms with Crippen LogP contribution in [-0.4, -0.2) is 37.5 Å². The maximum absolute atomic E-state index is 13.3. The van der Waals surface area contributed by atoms with Crippen LogP contribution < -0.4 is 5.32 Å². The minimum absolute atomic E-state index is 0. The van der Waals surface area contributed by atoms with Gasteiger partial charge in [-0.05, 0) is 23.8 Å². The molecule has 2 nitrogen and oxygen atoms in total. The topological polar surface area (TPSA) is 15.3 Å². The van der Waals surface area contributed by atoms with Crippen LogP contribution >= 0.6 is 36.4 Å². The van der Waals surface area contributed by atoms with Crippen LogP contribution in [0.3, 0.4) is 0 Å². The molecule has 0 aromatic heterocycles. The predicted octanol–water partition coefficient (Wildman–Crippen LogP) is 4.41. The van der Waals surface area contributed by atoms with E-state index in [-0.39, 0.29) is 35.4 Å². The van der Waals surface area contributed by atoms with E-state index in [9.17, 15) is 22.0 Å². The van der Waals surface area contributed by atoms with Gasteiger partial charge in [0.15, 0.2) is 0 Å². The van der Waals surface area contributed by atoms with Gasteiger partial charge in [0.2, 0.25) is 0 Å². The van der Waals surface area contributed by atoms with Crippen molar-refractivity contribution in [2.75, 3.05) is 26.2 Å². The largest absolute Gasteiger partial charge is 0.416 e. The number of rotatable bonds is 3. The summed E-state index contributed by atoms with van der Waals surface area (Å²) in [6.45, 7) is 1.75. The molecule has 10 heteroatoms. The van der Waals surface area contributed by atoms with E-state index in [0.29, 0.717) is 26.2 Å². The fourth-order valence-electron chi connectivity index (χ4n) is 2.42. The van der Waals surface area contributed by atoms with E-state index < -0.39 is 24.2 Å².